The maximum absolute atomic E-state index is 14.2. The summed E-state index contributed by atoms with van der Waals surface area (Å²) in [5, 5.41) is 2.82. The van der Waals surface area contributed by atoms with Crippen molar-refractivity contribution in [1.82, 2.24) is 25.3 Å². The molecule has 0 spiro atoms. The highest BCUT2D eigenvalue weighted by atomic mass is 19.1. The smallest absolute Gasteiger partial charge is 0.255 e. The summed E-state index contributed by atoms with van der Waals surface area (Å²) < 4.78 is 14.2. The molecule has 0 saturated heterocycles. The zero-order chi connectivity index (χ0) is 22.9. The van der Waals surface area contributed by atoms with Gasteiger partial charge in [-0.05, 0) is 17.7 Å². The molecule has 1 amide bonds. The number of aromatic nitrogens is 4. The van der Waals surface area contributed by atoms with E-state index >= 15 is 0 Å². The summed E-state index contributed by atoms with van der Waals surface area (Å²) in [6, 6.07) is 3.27. The van der Waals surface area contributed by atoms with Crippen molar-refractivity contribution in [1.29, 1.82) is 0 Å². The van der Waals surface area contributed by atoms with Crippen LogP contribution in [0.2, 0.25) is 0 Å². The number of halogens is 1. The maximum Gasteiger partial charge on any atom is 0.255 e. The number of benzene rings is 1. The van der Waals surface area contributed by atoms with Gasteiger partial charge in [-0.3, -0.25) is 9.78 Å². The molecular formula is C21H15FN6O4. The Hall–Kier alpha value is -4.41. The van der Waals surface area contributed by atoms with Crippen molar-refractivity contribution in [3.63, 3.8) is 0 Å². The number of rotatable bonds is 6. The first-order valence-corrected chi connectivity index (χ1v) is 9.34. The number of aldehydes is 3. The summed E-state index contributed by atoms with van der Waals surface area (Å²) in [7, 11) is 0. The third-order valence-corrected chi connectivity index (χ3v) is 5.16. The normalized spacial score (nSPS) is 15.4. The minimum absolute atomic E-state index is 0.0167. The first kappa shape index (κ1) is 20.8. The Morgan fingerprint density at radius 3 is 2.53 bits per heavy atom. The minimum atomic E-state index is -2.12. The van der Waals surface area contributed by atoms with E-state index < -0.39 is 23.2 Å². The third-order valence-electron chi connectivity index (χ3n) is 5.16. The summed E-state index contributed by atoms with van der Waals surface area (Å²) in [6.45, 7) is 0. The Morgan fingerprint density at radius 2 is 1.81 bits per heavy atom. The van der Waals surface area contributed by atoms with E-state index in [0.717, 1.165) is 6.20 Å². The van der Waals surface area contributed by atoms with Crippen molar-refractivity contribution in [3.8, 4) is 11.3 Å². The largest absolute Gasteiger partial charge is 0.368 e. The molecule has 4 rings (SSSR count). The lowest BCUT2D eigenvalue weighted by molar-refractivity contribution is -0.127. The lowest BCUT2D eigenvalue weighted by Crippen LogP contribution is -2.36. The van der Waals surface area contributed by atoms with Gasteiger partial charge in [-0.2, -0.15) is 0 Å². The van der Waals surface area contributed by atoms with E-state index in [4.69, 9.17) is 5.73 Å². The number of nitrogens with zero attached hydrogens (tertiary/aromatic N) is 4. The average Bonchev–Trinajstić information content (AvgIpc) is 2.80. The number of carbonyl (C=O) groups excluding carboxylic acids is 4. The van der Waals surface area contributed by atoms with Crippen molar-refractivity contribution < 1.29 is 23.6 Å². The molecule has 3 aromatic rings. The second kappa shape index (κ2) is 8.02. The number of anilines is 1. The van der Waals surface area contributed by atoms with E-state index in [1.807, 2.05) is 0 Å². The summed E-state index contributed by atoms with van der Waals surface area (Å²) in [6.07, 6.45) is 4.48. The minimum Gasteiger partial charge on any atom is -0.368 e. The molecule has 2 aromatic heterocycles. The molecule has 0 aliphatic carbocycles. The highest BCUT2D eigenvalue weighted by Gasteiger charge is 2.34. The molecule has 0 radical (unpaired) electrons. The van der Waals surface area contributed by atoms with E-state index in [9.17, 15) is 23.6 Å². The Morgan fingerprint density at radius 1 is 1.06 bits per heavy atom. The van der Waals surface area contributed by atoms with Crippen LogP contribution in [0.1, 0.15) is 33.4 Å². The van der Waals surface area contributed by atoms with Crippen LogP contribution < -0.4 is 11.1 Å². The molecule has 32 heavy (non-hydrogen) atoms. The number of hydrogen-bond donors (Lipinski definition) is 2. The van der Waals surface area contributed by atoms with E-state index in [-0.39, 0.29) is 53.7 Å². The van der Waals surface area contributed by atoms with Gasteiger partial charge in [0.25, 0.3) is 5.91 Å². The van der Waals surface area contributed by atoms with Crippen molar-refractivity contribution in [2.24, 2.45) is 0 Å². The topological polar surface area (TPSA) is 158 Å². The molecular weight excluding hydrogens is 419 g/mol. The van der Waals surface area contributed by atoms with Crippen LogP contribution in [-0.2, 0) is 26.2 Å². The van der Waals surface area contributed by atoms with Gasteiger partial charge in [0.1, 0.15) is 24.7 Å². The predicted molar refractivity (Wildman–Crippen MR) is 108 cm³/mol. The molecule has 10 nitrogen and oxygen atoms in total. The van der Waals surface area contributed by atoms with Gasteiger partial charge in [0.15, 0.2) is 5.41 Å². The van der Waals surface area contributed by atoms with Gasteiger partial charge in [0, 0.05) is 18.2 Å². The highest BCUT2D eigenvalue weighted by Crippen LogP contribution is 2.33. The second-order valence-corrected chi connectivity index (χ2v) is 7.13. The Balaban J connectivity index is 1.82. The van der Waals surface area contributed by atoms with Crippen molar-refractivity contribution in [2.45, 2.75) is 17.9 Å². The average molecular weight is 434 g/mol. The van der Waals surface area contributed by atoms with Crippen LogP contribution in [-0.4, -0.2) is 44.7 Å². The molecule has 3 N–H and O–H groups in total. The molecule has 1 aliphatic rings. The molecule has 1 unspecified atom stereocenters. The molecule has 160 valence electrons. The van der Waals surface area contributed by atoms with Gasteiger partial charge in [-0.25, -0.2) is 19.3 Å². The fourth-order valence-electron chi connectivity index (χ4n) is 3.47. The lowest BCUT2D eigenvalue weighted by atomic mass is 9.89. The zero-order valence-corrected chi connectivity index (χ0v) is 16.4. The van der Waals surface area contributed by atoms with Crippen LogP contribution in [0.3, 0.4) is 0 Å². The van der Waals surface area contributed by atoms with E-state index in [1.54, 1.807) is 0 Å². The van der Waals surface area contributed by atoms with Gasteiger partial charge in [-0.1, -0.05) is 6.07 Å². The fraction of sp³-hybridized carbons (Fsp3) is 0.143. The van der Waals surface area contributed by atoms with Crippen LogP contribution in [0.4, 0.5) is 10.3 Å². The van der Waals surface area contributed by atoms with Gasteiger partial charge >= 0.3 is 0 Å². The molecule has 11 heteroatoms. The molecule has 3 heterocycles. The quantitative estimate of drug-likeness (QED) is 0.417. The summed E-state index contributed by atoms with van der Waals surface area (Å²) in [5.41, 5.74) is 4.89. The SMILES string of the molecule is Nc1ncc2c(n1)CC(c1ccc(F)cc1-c1cncc(C(C=O)(C=O)C=O)n1)NC2=O. The van der Waals surface area contributed by atoms with Gasteiger partial charge < -0.3 is 25.4 Å². The van der Waals surface area contributed by atoms with Crippen LogP contribution in [0, 0.1) is 5.82 Å². The Labute approximate surface area is 180 Å². The van der Waals surface area contributed by atoms with E-state index in [2.05, 4.69) is 25.3 Å². The summed E-state index contributed by atoms with van der Waals surface area (Å²) in [5.74, 6) is -0.992. The van der Waals surface area contributed by atoms with Crippen LogP contribution >= 0.6 is 0 Å². The second-order valence-electron chi connectivity index (χ2n) is 7.13. The number of hydrogen-bond acceptors (Lipinski definition) is 9. The summed E-state index contributed by atoms with van der Waals surface area (Å²) in [4.78, 5) is 63.0. The lowest BCUT2D eigenvalue weighted by Gasteiger charge is -2.27. The molecule has 0 saturated carbocycles. The van der Waals surface area contributed by atoms with Crippen molar-refractivity contribution in [3.05, 3.63) is 65.1 Å². The number of nitrogens with two attached hydrogens (primary N) is 1. The van der Waals surface area contributed by atoms with Crippen molar-refractivity contribution in [2.75, 3.05) is 5.73 Å². The fourth-order valence-corrected chi connectivity index (χ4v) is 3.47. The number of carbonyl (C=O) groups is 4. The number of fused-ring (bicyclic) bond motifs is 1. The molecule has 1 aliphatic heterocycles. The zero-order valence-electron chi connectivity index (χ0n) is 16.4. The first-order chi connectivity index (χ1) is 15.4. The number of nitrogens with one attached hydrogen (secondary N) is 1. The third kappa shape index (κ3) is 3.49. The van der Waals surface area contributed by atoms with E-state index in [0.29, 0.717) is 11.3 Å². The highest BCUT2D eigenvalue weighted by molar-refractivity contribution is 6.08. The van der Waals surface area contributed by atoms with E-state index in [1.165, 1.54) is 30.6 Å². The predicted octanol–water partition coefficient (Wildman–Crippen LogP) is 0.517. The number of nitrogen functional groups attached to an aromatic ring is 1. The van der Waals surface area contributed by atoms with Crippen molar-refractivity contribution >= 4 is 30.7 Å². The van der Waals surface area contributed by atoms with Crippen LogP contribution in [0.5, 0.6) is 0 Å². The maximum atomic E-state index is 14.2. The Kier molecular flexibility index (Phi) is 5.23. The van der Waals surface area contributed by atoms with Gasteiger partial charge in [0.2, 0.25) is 5.95 Å². The molecule has 1 aromatic carbocycles. The molecule has 0 bridgehead atoms. The molecule has 1 atom stereocenters. The monoisotopic (exact) mass is 434 g/mol. The van der Waals surface area contributed by atoms with Gasteiger partial charge in [0.05, 0.1) is 41.1 Å². The first-order valence-electron chi connectivity index (χ1n) is 9.34. The standard InChI is InChI=1S/C21H15FN6O4/c22-11-1-2-12(15-4-16-14(19(32)27-15)5-25-20(23)28-16)13(3-11)17-6-24-7-18(26-17)21(8-29,9-30)10-31/h1-3,5-10,15H,4H2,(H,27,32)(H2,23,25,28). The van der Waals surface area contributed by atoms with Crippen LogP contribution in [0.15, 0.2) is 36.8 Å². The molecule has 0 fully saturated rings. The number of amides is 1. The summed E-state index contributed by atoms with van der Waals surface area (Å²) >= 11 is 0. The van der Waals surface area contributed by atoms with Crippen LogP contribution in [0.25, 0.3) is 11.3 Å². The van der Waals surface area contributed by atoms with Gasteiger partial charge in [-0.15, -0.1) is 0 Å². The Bertz CT molecular complexity index is 1240.